The van der Waals surface area contributed by atoms with Crippen LogP contribution in [0.2, 0.25) is 0 Å². The maximum Gasteiger partial charge on any atom is 0.522 e. The van der Waals surface area contributed by atoms with Crippen molar-refractivity contribution in [3.05, 3.63) is 27.8 Å². The Morgan fingerprint density at radius 1 is 1.19 bits per heavy atom. The summed E-state index contributed by atoms with van der Waals surface area (Å²) in [5.74, 6) is 0. The molecular weight excluding hydrogens is 380 g/mol. The van der Waals surface area contributed by atoms with Gasteiger partial charge in [0.2, 0.25) is 0 Å². The van der Waals surface area contributed by atoms with E-state index in [4.69, 9.17) is 13.0 Å². The second-order valence-electron chi connectivity index (χ2n) is 2.40. The molecule has 0 atom stereocenters. The van der Waals surface area contributed by atoms with E-state index in [1.165, 1.54) is 3.57 Å². The molecule has 1 aromatic carbocycles. The first-order valence-corrected chi connectivity index (χ1v) is 6.49. The second kappa shape index (κ2) is 6.07. The van der Waals surface area contributed by atoms with Crippen LogP contribution in [0, 0.1) is 3.57 Å². The second-order valence-corrected chi connectivity index (χ2v) is 5.57. The number of alkyl halides is 3. The van der Waals surface area contributed by atoms with Crippen LogP contribution in [-0.4, -0.2) is 18.5 Å². The minimum atomic E-state index is -5.84. The van der Waals surface area contributed by atoms with E-state index in [0.717, 1.165) is 4.90 Å². The summed E-state index contributed by atoms with van der Waals surface area (Å²) >= 11 is 6.39. The minimum Gasteiger partial charge on any atom is -0.279 e. The summed E-state index contributed by atoms with van der Waals surface area (Å²) in [6, 6.07) is 8.02. The quantitative estimate of drug-likeness (QED) is 0.312. The third-order valence-electron chi connectivity index (χ3n) is 1.12. The molecule has 0 saturated carbocycles. The maximum absolute atomic E-state index is 10.7. The fraction of sp³-hybridized carbons (Fsp3) is 0.143. The lowest BCUT2D eigenvalue weighted by molar-refractivity contribution is -0.0510. The number of hydrogen-bond donors (Lipinski definition) is 2. The lowest BCUT2D eigenvalue weighted by Gasteiger charge is -1.97. The largest absolute Gasteiger partial charge is 0.522 e. The van der Waals surface area contributed by atoms with Gasteiger partial charge in [-0.15, -0.1) is 12.6 Å². The van der Waals surface area contributed by atoms with Crippen LogP contribution >= 0.6 is 35.2 Å². The van der Waals surface area contributed by atoms with E-state index in [1.54, 1.807) is 0 Å². The van der Waals surface area contributed by atoms with E-state index in [9.17, 15) is 13.2 Å². The molecule has 0 amide bonds. The first kappa shape index (κ1) is 16.0. The molecule has 0 aliphatic rings. The molecule has 9 heteroatoms. The summed E-state index contributed by atoms with van der Waals surface area (Å²) in [4.78, 5) is 1.02. The Hall–Kier alpha value is -0.000000000000000111. The van der Waals surface area contributed by atoms with Crippen molar-refractivity contribution in [3.8, 4) is 0 Å². The first-order valence-electron chi connectivity index (χ1n) is 3.52. The molecule has 1 N–H and O–H groups in total. The van der Waals surface area contributed by atoms with Gasteiger partial charge in [0, 0.05) is 8.47 Å². The topological polar surface area (TPSA) is 54.4 Å². The Morgan fingerprint density at radius 3 is 1.69 bits per heavy atom. The molecule has 0 bridgehead atoms. The summed E-state index contributed by atoms with van der Waals surface area (Å²) < 4.78 is 58.8. The summed E-state index contributed by atoms with van der Waals surface area (Å²) in [6.45, 7) is 0. The molecular formula is C7H6F3IO3S2. The average molecular weight is 386 g/mol. The van der Waals surface area contributed by atoms with Crippen LogP contribution < -0.4 is 0 Å². The number of thiol groups is 1. The average Bonchev–Trinajstić information content (AvgIpc) is 2.08. The van der Waals surface area contributed by atoms with Crippen molar-refractivity contribution in [2.24, 2.45) is 0 Å². The molecule has 0 aliphatic heterocycles. The fourth-order valence-corrected chi connectivity index (χ4v) is 0.950. The molecule has 92 valence electrons. The van der Waals surface area contributed by atoms with E-state index in [1.807, 2.05) is 24.3 Å². The number of benzene rings is 1. The van der Waals surface area contributed by atoms with E-state index < -0.39 is 15.6 Å². The van der Waals surface area contributed by atoms with Crippen molar-refractivity contribution in [3.63, 3.8) is 0 Å². The smallest absolute Gasteiger partial charge is 0.279 e. The van der Waals surface area contributed by atoms with E-state index in [2.05, 4.69) is 35.2 Å². The SMILES string of the molecule is O=S(=O)(O)C(F)(F)F.Sc1ccc(I)cc1. The van der Waals surface area contributed by atoms with Crippen molar-refractivity contribution in [2.45, 2.75) is 10.4 Å². The Labute approximate surface area is 109 Å². The molecule has 1 rings (SSSR count). The van der Waals surface area contributed by atoms with E-state index in [0.29, 0.717) is 0 Å². The van der Waals surface area contributed by atoms with Crippen LogP contribution in [0.5, 0.6) is 0 Å². The standard InChI is InChI=1S/C6H5IS.CHF3O3S/c7-5-1-3-6(8)4-2-5;2-1(3,4)8(5,6)7/h1-4,8H;(H,5,6,7). The predicted octanol–water partition coefficient (Wildman–Crippen LogP) is 2.97. The molecule has 0 heterocycles. The van der Waals surface area contributed by atoms with Gasteiger partial charge in [-0.05, 0) is 46.9 Å². The zero-order valence-electron chi connectivity index (χ0n) is 7.44. The summed E-state index contributed by atoms with van der Waals surface area (Å²) in [6.07, 6.45) is 0. The third-order valence-corrected chi connectivity index (χ3v) is 2.72. The predicted molar refractivity (Wildman–Crippen MR) is 64.0 cm³/mol. The molecule has 1 aromatic rings. The van der Waals surface area contributed by atoms with Crippen molar-refractivity contribution >= 4 is 45.3 Å². The van der Waals surface area contributed by atoms with Gasteiger partial charge in [-0.25, -0.2) is 0 Å². The molecule has 3 nitrogen and oxygen atoms in total. The molecule has 0 spiro atoms. The van der Waals surface area contributed by atoms with Crippen LogP contribution in [0.1, 0.15) is 0 Å². The van der Waals surface area contributed by atoms with Gasteiger partial charge in [-0.1, -0.05) is 0 Å². The van der Waals surface area contributed by atoms with Gasteiger partial charge >= 0.3 is 15.6 Å². The summed E-state index contributed by atoms with van der Waals surface area (Å²) in [5, 5.41) is 0. The van der Waals surface area contributed by atoms with Crippen LogP contribution in [-0.2, 0) is 10.1 Å². The van der Waals surface area contributed by atoms with Gasteiger partial charge in [0.15, 0.2) is 0 Å². The minimum absolute atomic E-state index is 1.02. The van der Waals surface area contributed by atoms with Crippen molar-refractivity contribution in [1.82, 2.24) is 0 Å². The third kappa shape index (κ3) is 6.55. The Kier molecular flexibility index (Phi) is 6.07. The monoisotopic (exact) mass is 386 g/mol. The van der Waals surface area contributed by atoms with Crippen molar-refractivity contribution in [1.29, 1.82) is 0 Å². The Balaban J connectivity index is 0.000000281. The van der Waals surface area contributed by atoms with Gasteiger partial charge < -0.3 is 0 Å². The van der Waals surface area contributed by atoms with E-state index >= 15 is 0 Å². The highest BCUT2D eigenvalue weighted by Gasteiger charge is 2.44. The lowest BCUT2D eigenvalue weighted by atomic mass is 10.4. The summed E-state index contributed by atoms with van der Waals surface area (Å²) in [5.41, 5.74) is -5.53. The van der Waals surface area contributed by atoms with Crippen molar-refractivity contribution < 1.29 is 26.1 Å². The lowest BCUT2D eigenvalue weighted by Crippen LogP contribution is -2.21. The van der Waals surface area contributed by atoms with Gasteiger partial charge in [0.25, 0.3) is 0 Å². The molecule has 16 heavy (non-hydrogen) atoms. The number of hydrogen-bond acceptors (Lipinski definition) is 3. The van der Waals surface area contributed by atoms with E-state index in [-0.39, 0.29) is 0 Å². The highest BCUT2D eigenvalue weighted by Crippen LogP contribution is 2.20. The molecule has 0 aromatic heterocycles. The molecule has 0 aliphatic carbocycles. The number of halogens is 4. The zero-order valence-corrected chi connectivity index (χ0v) is 11.3. The zero-order chi connectivity index (χ0) is 13.0. The van der Waals surface area contributed by atoms with Gasteiger partial charge in [0.1, 0.15) is 0 Å². The van der Waals surface area contributed by atoms with Crippen LogP contribution in [0.3, 0.4) is 0 Å². The van der Waals surface area contributed by atoms with Gasteiger partial charge in [-0.3, -0.25) is 4.55 Å². The highest BCUT2D eigenvalue weighted by molar-refractivity contribution is 14.1. The highest BCUT2D eigenvalue weighted by atomic mass is 127. The molecule has 0 fully saturated rings. The number of rotatable bonds is 0. The first-order chi connectivity index (χ1) is 7.04. The van der Waals surface area contributed by atoms with Crippen molar-refractivity contribution in [2.75, 3.05) is 0 Å². The fourth-order valence-electron chi connectivity index (χ4n) is 0.441. The van der Waals surface area contributed by atoms with Crippen LogP contribution in [0.4, 0.5) is 13.2 Å². The van der Waals surface area contributed by atoms with Crippen LogP contribution in [0.15, 0.2) is 29.2 Å². The summed E-state index contributed by atoms with van der Waals surface area (Å²) in [7, 11) is -5.84. The van der Waals surface area contributed by atoms with Gasteiger partial charge in [-0.2, -0.15) is 21.6 Å². The Bertz CT molecular complexity index is 406. The normalized spacial score (nSPS) is 11.6. The maximum atomic E-state index is 10.7. The Morgan fingerprint density at radius 2 is 1.50 bits per heavy atom. The molecule has 0 radical (unpaired) electrons. The molecule has 0 saturated heterocycles. The van der Waals surface area contributed by atoms with Crippen LogP contribution in [0.25, 0.3) is 0 Å². The van der Waals surface area contributed by atoms with Gasteiger partial charge in [0.05, 0.1) is 0 Å². The molecule has 0 unspecified atom stereocenters.